The summed E-state index contributed by atoms with van der Waals surface area (Å²) in [6, 6.07) is 7.99. The van der Waals surface area contributed by atoms with Gasteiger partial charge in [-0.05, 0) is 80.9 Å². The third-order valence-electron chi connectivity index (χ3n) is 5.44. The van der Waals surface area contributed by atoms with E-state index in [9.17, 15) is 4.79 Å². The van der Waals surface area contributed by atoms with Crippen LogP contribution in [0.5, 0.6) is 0 Å². The first kappa shape index (κ1) is 17.7. The number of Topliss-reactive ketones (excluding diaryl/α,β-unsaturated/α-hetero) is 1. The molecule has 136 valence electrons. The minimum Gasteiger partial charge on any atom is -0.295 e. The minimum absolute atomic E-state index is 0.117. The van der Waals surface area contributed by atoms with Crippen molar-refractivity contribution in [3.8, 4) is 0 Å². The van der Waals surface area contributed by atoms with Crippen molar-refractivity contribution in [3.05, 3.63) is 41.6 Å². The molecule has 0 aromatic heterocycles. The van der Waals surface area contributed by atoms with Gasteiger partial charge < -0.3 is 0 Å². The zero-order valence-electron chi connectivity index (χ0n) is 15.4. The summed E-state index contributed by atoms with van der Waals surface area (Å²) in [5, 5.41) is 2.49. The fourth-order valence-electron chi connectivity index (χ4n) is 3.66. The molecule has 2 aliphatic heterocycles. The molecule has 4 heteroatoms. The third kappa shape index (κ3) is 4.53. The molecule has 1 aromatic carbocycles. The first-order chi connectivity index (χ1) is 12.7. The van der Waals surface area contributed by atoms with E-state index in [4.69, 9.17) is 9.98 Å². The molecule has 1 aliphatic carbocycles. The Morgan fingerprint density at radius 1 is 1.27 bits per heavy atom. The van der Waals surface area contributed by atoms with Crippen LogP contribution in [0.15, 0.2) is 40.5 Å². The highest BCUT2D eigenvalue weighted by Crippen LogP contribution is 2.36. The summed E-state index contributed by atoms with van der Waals surface area (Å²) in [7, 11) is 0. The van der Waals surface area contributed by atoms with Crippen LogP contribution in [0.2, 0.25) is 0 Å². The number of aliphatic imine (C=N–C) groups is 2. The Hall–Kier alpha value is -1.68. The number of ketones is 1. The minimum atomic E-state index is 0.117. The summed E-state index contributed by atoms with van der Waals surface area (Å²) in [5.41, 5.74) is 3.17. The predicted octanol–water partition coefficient (Wildman–Crippen LogP) is 5.76. The molecule has 1 atom stereocenters. The number of hydrogen-bond acceptors (Lipinski definition) is 4. The molecule has 0 amide bonds. The molecule has 1 aromatic rings. The van der Waals surface area contributed by atoms with Crippen LogP contribution in [-0.2, 0) is 0 Å². The first-order valence-corrected chi connectivity index (χ1v) is 10.6. The van der Waals surface area contributed by atoms with Gasteiger partial charge in [0.1, 0.15) is 0 Å². The SMILES string of the molecule is CC(=O)c1cccc(C2=CN=C3CC(CCCC(=NCC4CC4)S3)C2)c1. The van der Waals surface area contributed by atoms with E-state index in [2.05, 4.69) is 6.07 Å². The molecule has 1 unspecified atom stereocenters. The van der Waals surface area contributed by atoms with E-state index in [0.717, 1.165) is 42.9 Å². The summed E-state index contributed by atoms with van der Waals surface area (Å²) >= 11 is 1.81. The van der Waals surface area contributed by atoms with Gasteiger partial charge in [-0.1, -0.05) is 30.0 Å². The van der Waals surface area contributed by atoms with Crippen molar-refractivity contribution >= 4 is 33.2 Å². The largest absolute Gasteiger partial charge is 0.295 e. The summed E-state index contributed by atoms with van der Waals surface area (Å²) in [6.07, 6.45) is 10.4. The molecule has 2 heterocycles. The molecule has 26 heavy (non-hydrogen) atoms. The topological polar surface area (TPSA) is 41.8 Å². The lowest BCUT2D eigenvalue weighted by molar-refractivity contribution is 0.101. The second-order valence-corrected chi connectivity index (χ2v) is 8.91. The number of nitrogens with zero attached hydrogens (tertiary/aromatic N) is 2. The highest BCUT2D eigenvalue weighted by Gasteiger charge is 2.24. The Morgan fingerprint density at radius 3 is 2.96 bits per heavy atom. The highest BCUT2D eigenvalue weighted by molar-refractivity contribution is 8.26. The molecule has 3 nitrogen and oxygen atoms in total. The number of rotatable bonds is 4. The van der Waals surface area contributed by atoms with E-state index in [-0.39, 0.29) is 5.78 Å². The third-order valence-corrected chi connectivity index (χ3v) is 6.51. The smallest absolute Gasteiger partial charge is 0.159 e. The second-order valence-electron chi connectivity index (χ2n) is 7.76. The lowest BCUT2D eigenvalue weighted by atomic mass is 9.89. The molecular weight excluding hydrogens is 340 g/mol. The average molecular weight is 367 g/mol. The van der Waals surface area contributed by atoms with Crippen LogP contribution >= 0.6 is 11.8 Å². The molecule has 0 spiro atoms. The number of allylic oxidation sites excluding steroid dienone is 1. The molecule has 1 saturated carbocycles. The van der Waals surface area contributed by atoms with Crippen LogP contribution in [0.4, 0.5) is 0 Å². The van der Waals surface area contributed by atoms with Crippen molar-refractivity contribution in [2.75, 3.05) is 6.54 Å². The van der Waals surface area contributed by atoms with Crippen LogP contribution in [0.25, 0.3) is 5.57 Å². The fraction of sp³-hybridized carbons (Fsp3) is 0.500. The predicted molar refractivity (Wildman–Crippen MR) is 111 cm³/mol. The van der Waals surface area contributed by atoms with Gasteiger partial charge in [-0.15, -0.1) is 0 Å². The van der Waals surface area contributed by atoms with Gasteiger partial charge in [0, 0.05) is 18.3 Å². The molecule has 1 saturated heterocycles. The van der Waals surface area contributed by atoms with E-state index < -0.39 is 0 Å². The van der Waals surface area contributed by atoms with E-state index >= 15 is 0 Å². The monoisotopic (exact) mass is 366 g/mol. The first-order valence-electron chi connectivity index (χ1n) is 9.75. The van der Waals surface area contributed by atoms with E-state index in [1.54, 1.807) is 6.92 Å². The van der Waals surface area contributed by atoms with Gasteiger partial charge in [0.15, 0.2) is 5.78 Å². The molecule has 4 rings (SSSR count). The van der Waals surface area contributed by atoms with Crippen LogP contribution in [-0.4, -0.2) is 22.4 Å². The van der Waals surface area contributed by atoms with Gasteiger partial charge in [-0.25, -0.2) is 0 Å². The number of fused-ring (bicyclic) bond motifs is 2. The normalized spacial score (nSPS) is 25.0. The Labute approximate surface area is 160 Å². The van der Waals surface area contributed by atoms with Gasteiger partial charge in [0.25, 0.3) is 0 Å². The lowest BCUT2D eigenvalue weighted by Crippen LogP contribution is -2.12. The fourth-order valence-corrected chi connectivity index (χ4v) is 4.74. The molecule has 2 fully saturated rings. The van der Waals surface area contributed by atoms with Crippen molar-refractivity contribution in [1.82, 2.24) is 0 Å². The number of thioether (sulfide) groups is 1. The summed E-state index contributed by atoms with van der Waals surface area (Å²) in [5.74, 6) is 1.60. The standard InChI is InChI=1S/C22H26N2OS/c1-15(25)18-5-3-6-19(12-18)20-10-17-4-2-7-21(23-13-16-8-9-16)26-22(11-17)24-14-20/h3,5-6,12,14,16-17H,2,4,7-11,13H2,1H3. The van der Waals surface area contributed by atoms with E-state index in [1.807, 2.05) is 36.2 Å². The second kappa shape index (κ2) is 7.91. The molecule has 3 aliphatic rings. The average Bonchev–Trinajstić information content (AvgIpc) is 3.45. The zero-order valence-corrected chi connectivity index (χ0v) is 16.2. The highest BCUT2D eigenvalue weighted by atomic mass is 32.2. The maximum Gasteiger partial charge on any atom is 0.159 e. The van der Waals surface area contributed by atoms with Gasteiger partial charge in [0.2, 0.25) is 0 Å². The van der Waals surface area contributed by atoms with Crippen LogP contribution in [0.1, 0.15) is 67.8 Å². The quantitative estimate of drug-likeness (QED) is 0.635. The van der Waals surface area contributed by atoms with Crippen molar-refractivity contribution in [2.24, 2.45) is 21.8 Å². The maximum absolute atomic E-state index is 11.7. The lowest BCUT2D eigenvalue weighted by Gasteiger charge is -2.20. The van der Waals surface area contributed by atoms with Crippen LogP contribution < -0.4 is 0 Å². The van der Waals surface area contributed by atoms with Crippen molar-refractivity contribution < 1.29 is 4.79 Å². The number of carbonyl (C=O) groups excluding carboxylic acids is 1. The van der Waals surface area contributed by atoms with Crippen molar-refractivity contribution in [1.29, 1.82) is 0 Å². The number of hydrogen-bond donors (Lipinski definition) is 0. The molecule has 0 N–H and O–H groups in total. The Bertz CT molecular complexity index is 789. The van der Waals surface area contributed by atoms with Gasteiger partial charge in [-0.2, -0.15) is 0 Å². The van der Waals surface area contributed by atoms with E-state index in [1.165, 1.54) is 41.3 Å². The van der Waals surface area contributed by atoms with Crippen LogP contribution in [0.3, 0.4) is 0 Å². The number of benzene rings is 1. The van der Waals surface area contributed by atoms with Crippen molar-refractivity contribution in [3.63, 3.8) is 0 Å². The Morgan fingerprint density at radius 2 is 2.15 bits per heavy atom. The van der Waals surface area contributed by atoms with Gasteiger partial charge in [-0.3, -0.25) is 14.8 Å². The zero-order chi connectivity index (χ0) is 17.9. The maximum atomic E-state index is 11.7. The number of carbonyl (C=O) groups is 1. The van der Waals surface area contributed by atoms with Crippen LogP contribution in [0, 0.1) is 11.8 Å². The summed E-state index contributed by atoms with van der Waals surface area (Å²) in [4.78, 5) is 21.4. The Kier molecular flexibility index (Phi) is 5.39. The Balaban J connectivity index is 1.56. The van der Waals surface area contributed by atoms with Gasteiger partial charge >= 0.3 is 0 Å². The summed E-state index contributed by atoms with van der Waals surface area (Å²) in [6.45, 7) is 2.64. The van der Waals surface area contributed by atoms with Gasteiger partial charge in [0.05, 0.1) is 10.1 Å². The molecule has 2 bridgehead atoms. The summed E-state index contributed by atoms with van der Waals surface area (Å²) < 4.78 is 0. The molecular formula is C22H26N2OS. The molecule has 0 radical (unpaired) electrons. The van der Waals surface area contributed by atoms with E-state index in [0.29, 0.717) is 5.92 Å². The van der Waals surface area contributed by atoms with Crippen molar-refractivity contribution in [2.45, 2.75) is 51.9 Å².